The van der Waals surface area contributed by atoms with E-state index in [2.05, 4.69) is 11.5 Å². The van der Waals surface area contributed by atoms with Crippen molar-refractivity contribution in [2.24, 2.45) is 0 Å². The van der Waals surface area contributed by atoms with Gasteiger partial charge in [0, 0.05) is 17.4 Å². The monoisotopic (exact) mass is 209 g/mol. The molecule has 0 radical (unpaired) electrons. The maximum Gasteiger partial charge on any atom is 0.305 e. The molecule has 0 aliphatic rings. The number of carboxylic acid groups (broad SMARTS) is 1. The Labute approximate surface area is 90.7 Å². The lowest BCUT2D eigenvalue weighted by Crippen LogP contribution is -2.15. The molecule has 1 unspecified atom stereocenters. The topological polar surface area (TPSA) is 42.2 Å². The van der Waals surface area contributed by atoms with E-state index >= 15 is 0 Å². The number of hydrogen-bond donors (Lipinski definition) is 1. The van der Waals surface area contributed by atoms with Gasteiger partial charge in [0.1, 0.15) is 0 Å². The first-order valence-corrected chi connectivity index (χ1v) is 5.42. The minimum atomic E-state index is -0.721. The van der Waals surface area contributed by atoms with Crippen molar-refractivity contribution in [2.45, 2.75) is 46.1 Å². The third-order valence-electron chi connectivity index (χ3n) is 2.72. The van der Waals surface area contributed by atoms with Crippen LogP contribution in [-0.4, -0.2) is 15.6 Å². The summed E-state index contributed by atoms with van der Waals surface area (Å²) in [5, 5.41) is 8.88. The third-order valence-corrected chi connectivity index (χ3v) is 2.72. The molecule has 1 aromatic heterocycles. The SMILES string of the molecule is CCCC(CC(=O)O)n1c(C)ccc1C. The molecule has 0 saturated carbocycles. The second kappa shape index (κ2) is 5.01. The molecule has 0 amide bonds. The van der Waals surface area contributed by atoms with Crippen LogP contribution in [0.15, 0.2) is 12.1 Å². The lowest BCUT2D eigenvalue weighted by Gasteiger charge is -2.20. The fourth-order valence-corrected chi connectivity index (χ4v) is 2.11. The minimum Gasteiger partial charge on any atom is -0.481 e. The van der Waals surface area contributed by atoms with Crippen LogP contribution in [0.4, 0.5) is 0 Å². The van der Waals surface area contributed by atoms with Gasteiger partial charge in [0.2, 0.25) is 0 Å². The standard InChI is InChI=1S/C12H19NO2/c1-4-5-11(8-12(14)15)13-9(2)6-7-10(13)3/h6-7,11H,4-5,8H2,1-3H3,(H,14,15). The van der Waals surface area contributed by atoms with Crippen LogP contribution < -0.4 is 0 Å². The first kappa shape index (κ1) is 11.8. The molecule has 0 aromatic carbocycles. The first-order valence-electron chi connectivity index (χ1n) is 5.42. The summed E-state index contributed by atoms with van der Waals surface area (Å²) >= 11 is 0. The number of rotatable bonds is 5. The highest BCUT2D eigenvalue weighted by Gasteiger charge is 2.16. The van der Waals surface area contributed by atoms with Gasteiger partial charge in [-0.3, -0.25) is 4.79 Å². The van der Waals surface area contributed by atoms with Gasteiger partial charge in [-0.05, 0) is 32.4 Å². The Hall–Kier alpha value is -1.25. The van der Waals surface area contributed by atoms with E-state index in [9.17, 15) is 4.79 Å². The van der Waals surface area contributed by atoms with E-state index in [0.29, 0.717) is 0 Å². The van der Waals surface area contributed by atoms with Crippen LogP contribution in [0.25, 0.3) is 0 Å². The molecule has 3 nitrogen and oxygen atoms in total. The highest BCUT2D eigenvalue weighted by Crippen LogP contribution is 2.23. The molecular formula is C12H19NO2. The number of aryl methyl sites for hydroxylation is 2. The second-order valence-electron chi connectivity index (χ2n) is 4.03. The van der Waals surface area contributed by atoms with Gasteiger partial charge < -0.3 is 9.67 Å². The molecule has 3 heteroatoms. The number of aliphatic carboxylic acids is 1. The zero-order valence-electron chi connectivity index (χ0n) is 9.66. The molecule has 0 aliphatic carbocycles. The molecule has 1 heterocycles. The average Bonchev–Trinajstić information content (AvgIpc) is 2.45. The van der Waals surface area contributed by atoms with Gasteiger partial charge in [-0.15, -0.1) is 0 Å². The quantitative estimate of drug-likeness (QED) is 0.810. The van der Waals surface area contributed by atoms with E-state index in [1.54, 1.807) is 0 Å². The van der Waals surface area contributed by atoms with Crippen molar-refractivity contribution in [1.82, 2.24) is 4.57 Å². The molecule has 0 fully saturated rings. The lowest BCUT2D eigenvalue weighted by molar-refractivity contribution is -0.138. The Morgan fingerprint density at radius 2 is 1.93 bits per heavy atom. The summed E-state index contributed by atoms with van der Waals surface area (Å²) in [6, 6.07) is 4.18. The molecule has 1 rings (SSSR count). The number of aromatic nitrogens is 1. The number of carbonyl (C=O) groups is 1. The molecule has 15 heavy (non-hydrogen) atoms. The summed E-state index contributed by atoms with van der Waals surface area (Å²) < 4.78 is 2.14. The van der Waals surface area contributed by atoms with Crippen molar-refractivity contribution < 1.29 is 9.90 Å². The molecule has 0 saturated heterocycles. The van der Waals surface area contributed by atoms with E-state index in [1.807, 2.05) is 26.0 Å². The summed E-state index contributed by atoms with van der Waals surface area (Å²) in [5.41, 5.74) is 2.29. The predicted molar refractivity (Wildman–Crippen MR) is 60.1 cm³/mol. The van der Waals surface area contributed by atoms with Crippen LogP contribution in [0.1, 0.15) is 43.6 Å². The maximum atomic E-state index is 10.8. The number of nitrogens with zero attached hydrogens (tertiary/aromatic N) is 1. The summed E-state index contributed by atoms with van der Waals surface area (Å²) in [6.45, 7) is 6.14. The average molecular weight is 209 g/mol. The van der Waals surface area contributed by atoms with E-state index in [0.717, 1.165) is 24.2 Å². The van der Waals surface area contributed by atoms with Gasteiger partial charge >= 0.3 is 5.97 Å². The van der Waals surface area contributed by atoms with Crippen LogP contribution in [0.2, 0.25) is 0 Å². The Morgan fingerprint density at radius 3 is 2.33 bits per heavy atom. The predicted octanol–water partition coefficient (Wildman–Crippen LogP) is 2.92. The molecule has 84 valence electrons. The fraction of sp³-hybridized carbons (Fsp3) is 0.583. The normalized spacial score (nSPS) is 12.7. The highest BCUT2D eigenvalue weighted by molar-refractivity contribution is 5.67. The summed E-state index contributed by atoms with van der Waals surface area (Å²) in [4.78, 5) is 10.8. The van der Waals surface area contributed by atoms with Crippen molar-refractivity contribution in [2.75, 3.05) is 0 Å². The molecule has 0 spiro atoms. The van der Waals surface area contributed by atoms with Gasteiger partial charge in [-0.2, -0.15) is 0 Å². The molecular weight excluding hydrogens is 190 g/mol. The Morgan fingerprint density at radius 1 is 1.40 bits per heavy atom. The first-order chi connectivity index (χ1) is 7.06. The number of carboxylic acids is 1. The van der Waals surface area contributed by atoms with E-state index in [4.69, 9.17) is 5.11 Å². The summed E-state index contributed by atoms with van der Waals surface area (Å²) in [5.74, 6) is -0.721. The molecule has 1 aromatic rings. The van der Waals surface area contributed by atoms with Gasteiger partial charge in [-0.25, -0.2) is 0 Å². The Balaban J connectivity index is 2.92. The van der Waals surface area contributed by atoms with Crippen molar-refractivity contribution in [3.05, 3.63) is 23.5 Å². The van der Waals surface area contributed by atoms with Crippen LogP contribution in [0.3, 0.4) is 0 Å². The zero-order chi connectivity index (χ0) is 11.4. The van der Waals surface area contributed by atoms with Crippen molar-refractivity contribution >= 4 is 5.97 Å². The van der Waals surface area contributed by atoms with Gasteiger partial charge in [0.05, 0.1) is 6.42 Å². The zero-order valence-corrected chi connectivity index (χ0v) is 9.66. The molecule has 0 aliphatic heterocycles. The fourth-order valence-electron chi connectivity index (χ4n) is 2.11. The second-order valence-corrected chi connectivity index (χ2v) is 4.03. The Kier molecular flexibility index (Phi) is 3.95. The molecule has 1 atom stereocenters. The smallest absolute Gasteiger partial charge is 0.305 e. The van der Waals surface area contributed by atoms with Crippen molar-refractivity contribution in [1.29, 1.82) is 0 Å². The maximum absolute atomic E-state index is 10.8. The van der Waals surface area contributed by atoms with Gasteiger partial charge in [0.15, 0.2) is 0 Å². The van der Waals surface area contributed by atoms with Crippen LogP contribution in [0, 0.1) is 13.8 Å². The van der Waals surface area contributed by atoms with Crippen LogP contribution in [0.5, 0.6) is 0 Å². The third kappa shape index (κ3) is 2.85. The van der Waals surface area contributed by atoms with Gasteiger partial charge in [0.25, 0.3) is 0 Å². The number of hydrogen-bond acceptors (Lipinski definition) is 1. The highest BCUT2D eigenvalue weighted by atomic mass is 16.4. The summed E-state index contributed by atoms with van der Waals surface area (Å²) in [6.07, 6.45) is 2.14. The van der Waals surface area contributed by atoms with Crippen LogP contribution in [-0.2, 0) is 4.79 Å². The van der Waals surface area contributed by atoms with Crippen molar-refractivity contribution in [3.8, 4) is 0 Å². The van der Waals surface area contributed by atoms with Gasteiger partial charge in [-0.1, -0.05) is 13.3 Å². The van der Waals surface area contributed by atoms with Crippen molar-refractivity contribution in [3.63, 3.8) is 0 Å². The largest absolute Gasteiger partial charge is 0.481 e. The van der Waals surface area contributed by atoms with E-state index in [-0.39, 0.29) is 12.5 Å². The van der Waals surface area contributed by atoms with E-state index in [1.165, 1.54) is 0 Å². The molecule has 0 bridgehead atoms. The Bertz CT molecular complexity index is 322. The minimum absolute atomic E-state index is 0.0995. The summed E-state index contributed by atoms with van der Waals surface area (Å²) in [7, 11) is 0. The molecule has 1 N–H and O–H groups in total. The lowest BCUT2D eigenvalue weighted by atomic mass is 10.1. The van der Waals surface area contributed by atoms with Crippen LogP contribution >= 0.6 is 0 Å². The van der Waals surface area contributed by atoms with E-state index < -0.39 is 5.97 Å².